The van der Waals surface area contributed by atoms with Crippen LogP contribution in [0, 0.1) is 0 Å². The van der Waals surface area contributed by atoms with E-state index < -0.39 is 16.6 Å². The predicted octanol–water partition coefficient (Wildman–Crippen LogP) is 6.71. The second-order valence-corrected chi connectivity index (χ2v) is 19.6. The summed E-state index contributed by atoms with van der Waals surface area (Å²) in [4.78, 5) is 0. The minimum Gasteiger partial charge on any atom is -0.542 e. The van der Waals surface area contributed by atoms with Crippen LogP contribution in [0.5, 0.6) is 11.5 Å². The number of benzene rings is 1. The van der Waals surface area contributed by atoms with Gasteiger partial charge in [-0.15, -0.1) is 0 Å². The first kappa shape index (κ1) is 21.3. The number of rotatable bonds is 4. The highest BCUT2D eigenvalue weighted by Crippen LogP contribution is 2.46. The van der Waals surface area contributed by atoms with E-state index in [2.05, 4.69) is 93.0 Å². The first-order valence-corrected chi connectivity index (χ1v) is 15.8. The first-order valence-electron chi connectivity index (χ1n) is 8.98. The maximum atomic E-state index is 6.61. The summed E-state index contributed by atoms with van der Waals surface area (Å²) >= 11 is 0. The van der Waals surface area contributed by atoms with Crippen molar-refractivity contribution in [1.82, 2.24) is 0 Å². The lowest BCUT2D eigenvalue weighted by Crippen LogP contribution is -2.35. The van der Waals surface area contributed by atoms with Gasteiger partial charge in [0.1, 0.15) is 11.5 Å². The average Bonchev–Trinajstić information content (AvgIpc) is 2.23. The van der Waals surface area contributed by atoms with Gasteiger partial charge in [0, 0.05) is 11.1 Å². The highest BCUT2D eigenvalue weighted by molar-refractivity contribution is 6.71. The van der Waals surface area contributed by atoms with Crippen molar-refractivity contribution in [3.8, 4) is 11.5 Å². The molecule has 0 unspecified atom stereocenters. The van der Waals surface area contributed by atoms with Gasteiger partial charge < -0.3 is 8.85 Å². The van der Waals surface area contributed by atoms with E-state index in [1.54, 1.807) is 0 Å². The largest absolute Gasteiger partial charge is 0.542 e. The molecule has 0 amide bonds. The standard InChI is InChI=1S/C20H38O2Si2/c1-19(2,3)15-13-14-16(20(4,5)6)18(22-24(10,11)12)17(15)21-23(7,8)9/h13-14H,1-12H3. The summed E-state index contributed by atoms with van der Waals surface area (Å²) in [6.07, 6.45) is 0. The predicted molar refractivity (Wildman–Crippen MR) is 112 cm³/mol. The van der Waals surface area contributed by atoms with Gasteiger partial charge >= 0.3 is 0 Å². The van der Waals surface area contributed by atoms with Crippen molar-refractivity contribution in [2.75, 3.05) is 0 Å². The monoisotopic (exact) mass is 366 g/mol. The molecule has 0 radical (unpaired) electrons. The van der Waals surface area contributed by atoms with E-state index in [9.17, 15) is 0 Å². The Morgan fingerprint density at radius 2 is 0.833 bits per heavy atom. The summed E-state index contributed by atoms with van der Waals surface area (Å²) in [7, 11) is -3.52. The Bertz CT molecular complexity index is 527. The quantitative estimate of drug-likeness (QED) is 0.551. The molecule has 0 aromatic heterocycles. The highest BCUT2D eigenvalue weighted by atomic mass is 28.4. The van der Waals surface area contributed by atoms with Crippen LogP contribution in [0.1, 0.15) is 52.7 Å². The molecule has 0 aliphatic carbocycles. The molecule has 4 heteroatoms. The van der Waals surface area contributed by atoms with Crippen LogP contribution in [-0.4, -0.2) is 16.6 Å². The zero-order valence-electron chi connectivity index (χ0n) is 18.0. The molecule has 0 bridgehead atoms. The lowest BCUT2D eigenvalue weighted by molar-refractivity contribution is 0.446. The molecule has 0 fully saturated rings. The molecule has 1 aromatic carbocycles. The molecule has 0 aliphatic rings. The fraction of sp³-hybridized carbons (Fsp3) is 0.700. The fourth-order valence-corrected chi connectivity index (χ4v) is 4.19. The van der Waals surface area contributed by atoms with Crippen LogP contribution in [0.2, 0.25) is 39.3 Å². The minimum absolute atomic E-state index is 0.0168. The van der Waals surface area contributed by atoms with Crippen LogP contribution in [0.25, 0.3) is 0 Å². The minimum atomic E-state index is -1.76. The van der Waals surface area contributed by atoms with E-state index in [1.165, 1.54) is 11.1 Å². The van der Waals surface area contributed by atoms with E-state index in [-0.39, 0.29) is 10.8 Å². The van der Waals surface area contributed by atoms with Crippen molar-refractivity contribution in [3.63, 3.8) is 0 Å². The third kappa shape index (κ3) is 5.96. The van der Waals surface area contributed by atoms with Gasteiger partial charge in [-0.25, -0.2) is 0 Å². The van der Waals surface area contributed by atoms with E-state index >= 15 is 0 Å². The maximum Gasteiger partial charge on any atom is 0.242 e. The van der Waals surface area contributed by atoms with Gasteiger partial charge in [-0.05, 0) is 50.1 Å². The van der Waals surface area contributed by atoms with Crippen molar-refractivity contribution >= 4 is 16.6 Å². The third-order valence-corrected chi connectivity index (χ3v) is 5.18. The van der Waals surface area contributed by atoms with E-state index in [0.29, 0.717) is 0 Å². The molecule has 0 spiro atoms. The molecular weight excluding hydrogens is 328 g/mol. The zero-order chi connectivity index (χ0) is 19.1. The van der Waals surface area contributed by atoms with Gasteiger partial charge in [0.15, 0.2) is 0 Å². The van der Waals surface area contributed by atoms with Crippen LogP contribution in [0.3, 0.4) is 0 Å². The summed E-state index contributed by atoms with van der Waals surface area (Å²) in [5, 5.41) is 0. The van der Waals surface area contributed by atoms with Crippen molar-refractivity contribution < 1.29 is 8.85 Å². The smallest absolute Gasteiger partial charge is 0.242 e. The zero-order valence-corrected chi connectivity index (χ0v) is 20.0. The Morgan fingerprint density at radius 1 is 0.583 bits per heavy atom. The molecule has 0 heterocycles. The normalized spacial score (nSPS) is 13.8. The van der Waals surface area contributed by atoms with Gasteiger partial charge in [0.05, 0.1) is 0 Å². The number of hydrogen-bond donors (Lipinski definition) is 0. The molecule has 2 nitrogen and oxygen atoms in total. The van der Waals surface area contributed by atoms with Gasteiger partial charge in [-0.3, -0.25) is 0 Å². The van der Waals surface area contributed by atoms with Crippen molar-refractivity contribution in [1.29, 1.82) is 0 Å². The van der Waals surface area contributed by atoms with E-state index in [1.807, 2.05) is 0 Å². The summed E-state index contributed by atoms with van der Waals surface area (Å²) in [6.45, 7) is 26.9. The van der Waals surface area contributed by atoms with Gasteiger partial charge in [-0.2, -0.15) is 0 Å². The Morgan fingerprint density at radius 3 is 1.00 bits per heavy atom. The summed E-state index contributed by atoms with van der Waals surface area (Å²) in [5.74, 6) is 1.97. The molecule has 1 aromatic rings. The Labute approximate surface area is 152 Å². The van der Waals surface area contributed by atoms with Crippen molar-refractivity contribution in [2.45, 2.75) is 91.7 Å². The van der Waals surface area contributed by atoms with Gasteiger partial charge in [-0.1, -0.05) is 53.7 Å². The third-order valence-electron chi connectivity index (χ3n) is 3.54. The summed E-state index contributed by atoms with van der Waals surface area (Å²) < 4.78 is 13.2. The van der Waals surface area contributed by atoms with Crippen LogP contribution >= 0.6 is 0 Å². The van der Waals surface area contributed by atoms with Crippen LogP contribution in [0.4, 0.5) is 0 Å². The molecule has 138 valence electrons. The van der Waals surface area contributed by atoms with Crippen LogP contribution in [0.15, 0.2) is 12.1 Å². The fourth-order valence-electron chi connectivity index (χ4n) is 2.56. The van der Waals surface area contributed by atoms with Gasteiger partial charge in [0.2, 0.25) is 16.6 Å². The Kier molecular flexibility index (Phi) is 5.79. The van der Waals surface area contributed by atoms with Gasteiger partial charge in [0.25, 0.3) is 0 Å². The van der Waals surface area contributed by atoms with Crippen molar-refractivity contribution in [3.05, 3.63) is 23.3 Å². The Balaban J connectivity index is 3.78. The topological polar surface area (TPSA) is 18.5 Å². The molecule has 0 saturated carbocycles. The summed E-state index contributed by atoms with van der Waals surface area (Å²) in [5.41, 5.74) is 2.52. The summed E-state index contributed by atoms with van der Waals surface area (Å²) in [6, 6.07) is 4.49. The SMILES string of the molecule is CC(C)(C)c1ccc(C(C)(C)C)c(O[Si](C)(C)C)c1O[Si](C)(C)C. The Hall–Kier alpha value is -0.746. The average molecular weight is 367 g/mol. The molecule has 24 heavy (non-hydrogen) atoms. The van der Waals surface area contributed by atoms with E-state index in [4.69, 9.17) is 8.85 Å². The van der Waals surface area contributed by atoms with Crippen LogP contribution in [-0.2, 0) is 10.8 Å². The molecular formula is C20H38O2Si2. The highest BCUT2D eigenvalue weighted by Gasteiger charge is 2.33. The molecule has 0 aliphatic heterocycles. The lowest BCUT2D eigenvalue weighted by Gasteiger charge is -2.35. The molecule has 0 N–H and O–H groups in total. The second kappa shape index (κ2) is 6.52. The van der Waals surface area contributed by atoms with Crippen LogP contribution < -0.4 is 8.85 Å². The second-order valence-electron chi connectivity index (χ2n) is 10.7. The van der Waals surface area contributed by atoms with Crippen molar-refractivity contribution in [2.24, 2.45) is 0 Å². The first-order chi connectivity index (χ1) is 10.4. The number of hydrogen-bond acceptors (Lipinski definition) is 2. The lowest BCUT2D eigenvalue weighted by atomic mass is 9.81. The van der Waals surface area contributed by atoms with E-state index in [0.717, 1.165) is 11.5 Å². The molecule has 0 atom stereocenters. The molecule has 1 rings (SSSR count). The molecule has 0 saturated heterocycles. The maximum absolute atomic E-state index is 6.61.